The predicted octanol–water partition coefficient (Wildman–Crippen LogP) is 3.45. The van der Waals surface area contributed by atoms with Crippen LogP contribution in [0.15, 0.2) is 18.2 Å². The van der Waals surface area contributed by atoms with E-state index in [4.69, 9.17) is 16.7 Å². The Kier molecular flexibility index (Phi) is 4.09. The van der Waals surface area contributed by atoms with E-state index in [0.717, 1.165) is 6.07 Å². The molecule has 1 aromatic rings. The van der Waals surface area contributed by atoms with Crippen LogP contribution >= 0.6 is 11.6 Å². The van der Waals surface area contributed by atoms with E-state index in [-0.39, 0.29) is 10.6 Å². The fourth-order valence-electron chi connectivity index (χ4n) is 1.48. The monoisotopic (exact) mass is 230 g/mol. The molecular weight excluding hydrogens is 219 g/mol. The van der Waals surface area contributed by atoms with Crippen LogP contribution in [0.1, 0.15) is 31.2 Å². The van der Waals surface area contributed by atoms with Gasteiger partial charge in [-0.15, -0.1) is 0 Å². The van der Waals surface area contributed by atoms with Crippen molar-refractivity contribution in [3.63, 3.8) is 0 Å². The fourth-order valence-corrected chi connectivity index (χ4v) is 1.64. The van der Waals surface area contributed by atoms with Crippen LogP contribution in [-0.2, 0) is 4.79 Å². The summed E-state index contributed by atoms with van der Waals surface area (Å²) in [6.45, 7) is 1.86. The Morgan fingerprint density at radius 2 is 2.27 bits per heavy atom. The Bertz CT molecular complexity index is 366. The second-order valence-electron chi connectivity index (χ2n) is 3.35. The van der Waals surface area contributed by atoms with Gasteiger partial charge in [0.25, 0.3) is 0 Å². The quantitative estimate of drug-likeness (QED) is 0.860. The van der Waals surface area contributed by atoms with Gasteiger partial charge in [0.1, 0.15) is 5.82 Å². The number of hydrogen-bond donors (Lipinski definition) is 1. The van der Waals surface area contributed by atoms with E-state index in [1.165, 1.54) is 12.1 Å². The van der Waals surface area contributed by atoms with Gasteiger partial charge in [-0.25, -0.2) is 4.39 Å². The molecule has 1 aromatic carbocycles. The van der Waals surface area contributed by atoms with Crippen LogP contribution in [0, 0.1) is 5.82 Å². The summed E-state index contributed by atoms with van der Waals surface area (Å²) < 4.78 is 13.4. The first-order valence-electron chi connectivity index (χ1n) is 4.74. The molecule has 1 unspecified atom stereocenters. The van der Waals surface area contributed by atoms with Crippen molar-refractivity contribution in [3.05, 3.63) is 34.6 Å². The highest BCUT2D eigenvalue weighted by atomic mass is 35.5. The van der Waals surface area contributed by atoms with Gasteiger partial charge in [0.05, 0.1) is 5.92 Å². The molecule has 0 amide bonds. The molecule has 82 valence electrons. The Morgan fingerprint density at radius 1 is 1.60 bits per heavy atom. The molecule has 0 aromatic heterocycles. The van der Waals surface area contributed by atoms with Crippen molar-refractivity contribution in [2.24, 2.45) is 0 Å². The topological polar surface area (TPSA) is 37.3 Å². The summed E-state index contributed by atoms with van der Waals surface area (Å²) in [6, 6.07) is 4.08. The molecule has 0 aliphatic rings. The molecule has 0 aliphatic heterocycles. The van der Waals surface area contributed by atoms with Crippen molar-refractivity contribution in [1.82, 2.24) is 0 Å². The first-order chi connectivity index (χ1) is 7.06. The lowest BCUT2D eigenvalue weighted by Gasteiger charge is -2.12. The van der Waals surface area contributed by atoms with Gasteiger partial charge in [-0.05, 0) is 18.6 Å². The third kappa shape index (κ3) is 2.93. The molecule has 15 heavy (non-hydrogen) atoms. The molecule has 1 atom stereocenters. The van der Waals surface area contributed by atoms with Gasteiger partial charge >= 0.3 is 5.97 Å². The summed E-state index contributed by atoms with van der Waals surface area (Å²) in [5.41, 5.74) is 0.203. The number of carbonyl (C=O) groups is 1. The number of benzene rings is 1. The molecule has 0 heterocycles. The number of aliphatic carboxylic acids is 1. The zero-order valence-corrected chi connectivity index (χ0v) is 9.09. The molecule has 4 heteroatoms. The molecule has 0 spiro atoms. The summed E-state index contributed by atoms with van der Waals surface area (Å²) in [5, 5.41) is 9.23. The lowest BCUT2D eigenvalue weighted by molar-refractivity contribution is -0.139. The van der Waals surface area contributed by atoms with E-state index in [2.05, 4.69) is 0 Å². The van der Waals surface area contributed by atoms with Crippen LogP contribution in [0.3, 0.4) is 0 Å². The number of rotatable bonds is 4. The molecule has 1 rings (SSSR count). The van der Waals surface area contributed by atoms with Crippen LogP contribution < -0.4 is 0 Å². The highest BCUT2D eigenvalue weighted by Gasteiger charge is 2.22. The van der Waals surface area contributed by atoms with Gasteiger partial charge in [0, 0.05) is 10.6 Å². The second kappa shape index (κ2) is 5.12. The Balaban J connectivity index is 3.05. The Labute approximate surface area is 92.7 Å². The SMILES string of the molecule is CCCC(C(=O)O)c1ccc(Cl)cc1F. The maximum absolute atomic E-state index is 13.4. The van der Waals surface area contributed by atoms with Gasteiger partial charge in [-0.3, -0.25) is 4.79 Å². The van der Waals surface area contributed by atoms with E-state index in [1.807, 2.05) is 6.92 Å². The van der Waals surface area contributed by atoms with Crippen molar-refractivity contribution in [3.8, 4) is 0 Å². The number of halogens is 2. The molecule has 0 aliphatic carbocycles. The smallest absolute Gasteiger partial charge is 0.311 e. The van der Waals surface area contributed by atoms with Gasteiger partial charge in [0.15, 0.2) is 0 Å². The lowest BCUT2D eigenvalue weighted by Crippen LogP contribution is -2.12. The number of hydrogen-bond acceptors (Lipinski definition) is 1. The summed E-state index contributed by atoms with van der Waals surface area (Å²) >= 11 is 5.59. The maximum atomic E-state index is 13.4. The lowest BCUT2D eigenvalue weighted by atomic mass is 9.94. The minimum absolute atomic E-state index is 0.203. The first kappa shape index (κ1) is 12.0. The average Bonchev–Trinajstić information content (AvgIpc) is 2.15. The largest absolute Gasteiger partial charge is 0.481 e. The van der Waals surface area contributed by atoms with Crippen LogP contribution in [0.2, 0.25) is 5.02 Å². The molecule has 2 nitrogen and oxygen atoms in total. The third-order valence-corrected chi connectivity index (χ3v) is 2.45. The Morgan fingerprint density at radius 3 is 2.73 bits per heavy atom. The molecular formula is C11H12ClFO2. The van der Waals surface area contributed by atoms with E-state index >= 15 is 0 Å². The Hall–Kier alpha value is -1.09. The van der Waals surface area contributed by atoms with Crippen molar-refractivity contribution >= 4 is 17.6 Å². The van der Waals surface area contributed by atoms with Gasteiger partial charge in [0.2, 0.25) is 0 Å². The number of carboxylic acids is 1. The van der Waals surface area contributed by atoms with Crippen LogP contribution in [0.5, 0.6) is 0 Å². The van der Waals surface area contributed by atoms with Crippen LogP contribution in [0.4, 0.5) is 4.39 Å². The van der Waals surface area contributed by atoms with E-state index < -0.39 is 17.7 Å². The molecule has 0 saturated heterocycles. The molecule has 0 radical (unpaired) electrons. The molecule has 0 bridgehead atoms. The van der Waals surface area contributed by atoms with Crippen molar-refractivity contribution in [1.29, 1.82) is 0 Å². The zero-order valence-electron chi connectivity index (χ0n) is 8.34. The van der Waals surface area contributed by atoms with Gasteiger partial charge in [-0.2, -0.15) is 0 Å². The normalized spacial score (nSPS) is 12.5. The average molecular weight is 231 g/mol. The van der Waals surface area contributed by atoms with Crippen LogP contribution in [-0.4, -0.2) is 11.1 Å². The standard InChI is InChI=1S/C11H12ClFO2/c1-2-3-9(11(14)15)8-5-4-7(12)6-10(8)13/h4-6,9H,2-3H2,1H3,(H,14,15). The van der Waals surface area contributed by atoms with E-state index in [0.29, 0.717) is 12.8 Å². The minimum atomic E-state index is -1.00. The van der Waals surface area contributed by atoms with Gasteiger partial charge in [-0.1, -0.05) is 31.0 Å². The van der Waals surface area contributed by atoms with E-state index in [1.54, 1.807) is 0 Å². The second-order valence-corrected chi connectivity index (χ2v) is 3.78. The van der Waals surface area contributed by atoms with Crippen molar-refractivity contribution < 1.29 is 14.3 Å². The summed E-state index contributed by atoms with van der Waals surface area (Å²) in [5.74, 6) is -2.34. The van der Waals surface area contributed by atoms with Gasteiger partial charge < -0.3 is 5.11 Å². The highest BCUT2D eigenvalue weighted by Crippen LogP contribution is 2.26. The fraction of sp³-hybridized carbons (Fsp3) is 0.364. The zero-order chi connectivity index (χ0) is 11.4. The first-order valence-corrected chi connectivity index (χ1v) is 5.11. The third-order valence-electron chi connectivity index (χ3n) is 2.21. The summed E-state index contributed by atoms with van der Waals surface area (Å²) in [4.78, 5) is 10.9. The number of carboxylic acid groups (broad SMARTS) is 1. The van der Waals surface area contributed by atoms with Crippen molar-refractivity contribution in [2.75, 3.05) is 0 Å². The summed E-state index contributed by atoms with van der Waals surface area (Å²) in [7, 11) is 0. The summed E-state index contributed by atoms with van der Waals surface area (Å²) in [6.07, 6.45) is 1.12. The van der Waals surface area contributed by atoms with Crippen molar-refractivity contribution in [2.45, 2.75) is 25.7 Å². The predicted molar refractivity (Wildman–Crippen MR) is 56.7 cm³/mol. The van der Waals surface area contributed by atoms with Crippen LogP contribution in [0.25, 0.3) is 0 Å². The van der Waals surface area contributed by atoms with E-state index in [9.17, 15) is 9.18 Å². The highest BCUT2D eigenvalue weighted by molar-refractivity contribution is 6.30. The molecule has 0 saturated carbocycles. The minimum Gasteiger partial charge on any atom is -0.481 e. The molecule has 0 fully saturated rings. The maximum Gasteiger partial charge on any atom is 0.311 e. The molecule has 1 N–H and O–H groups in total.